The van der Waals surface area contributed by atoms with Gasteiger partial charge in [-0.15, -0.1) is 0 Å². The summed E-state index contributed by atoms with van der Waals surface area (Å²) in [6.45, 7) is 3.38. The number of urea groups is 1. The average Bonchev–Trinajstić information content (AvgIpc) is 3.30. The molecule has 3 rings (SSSR count). The van der Waals surface area contributed by atoms with Gasteiger partial charge in [-0.05, 0) is 68.8 Å². The quantitative estimate of drug-likeness (QED) is 0.479. The summed E-state index contributed by atoms with van der Waals surface area (Å²) in [5.74, 6) is 0.158. The molecule has 1 saturated carbocycles. The number of benzene rings is 1. The number of amides is 4. The number of nitrogens with zero attached hydrogens (tertiary/aromatic N) is 1. The van der Waals surface area contributed by atoms with Crippen molar-refractivity contribution in [1.82, 2.24) is 15.5 Å². The van der Waals surface area contributed by atoms with Crippen molar-refractivity contribution in [2.24, 2.45) is 17.6 Å². The van der Waals surface area contributed by atoms with E-state index < -0.39 is 0 Å². The van der Waals surface area contributed by atoms with E-state index in [-0.39, 0.29) is 30.3 Å². The fraction of sp³-hybridized carbons (Fsp3) is 0.609. The Balaban J connectivity index is 1.31. The zero-order valence-electron chi connectivity index (χ0n) is 18.2. The van der Waals surface area contributed by atoms with Crippen LogP contribution in [0, 0.1) is 11.8 Å². The molecule has 0 spiro atoms. The second-order valence-corrected chi connectivity index (χ2v) is 8.73. The van der Waals surface area contributed by atoms with E-state index in [0.717, 1.165) is 38.9 Å². The SMILES string of the molecule is NC(=O)C1CCN(CCc2ccc(NC(=O)CNC(=O)NCC3CCCC3)cc2)CC1. The fourth-order valence-electron chi connectivity index (χ4n) is 4.36. The molecule has 2 fully saturated rings. The molecule has 0 radical (unpaired) electrons. The van der Waals surface area contributed by atoms with Gasteiger partial charge in [0.15, 0.2) is 0 Å². The molecular formula is C23H35N5O3. The van der Waals surface area contributed by atoms with E-state index in [9.17, 15) is 14.4 Å². The second-order valence-electron chi connectivity index (χ2n) is 8.73. The third kappa shape index (κ3) is 7.86. The lowest BCUT2D eigenvalue weighted by molar-refractivity contribution is -0.123. The minimum absolute atomic E-state index is 0.0204. The van der Waals surface area contributed by atoms with Gasteiger partial charge in [-0.1, -0.05) is 25.0 Å². The first-order valence-corrected chi connectivity index (χ1v) is 11.4. The second kappa shape index (κ2) is 11.7. The van der Waals surface area contributed by atoms with Gasteiger partial charge in [0.1, 0.15) is 0 Å². The van der Waals surface area contributed by atoms with Crippen LogP contribution in [0.5, 0.6) is 0 Å². The Labute approximate surface area is 184 Å². The van der Waals surface area contributed by atoms with Crippen LogP contribution < -0.4 is 21.7 Å². The number of nitrogens with two attached hydrogens (primary N) is 1. The Kier molecular flexibility index (Phi) is 8.70. The highest BCUT2D eigenvalue weighted by Crippen LogP contribution is 2.23. The minimum Gasteiger partial charge on any atom is -0.369 e. The first-order valence-electron chi connectivity index (χ1n) is 11.4. The van der Waals surface area contributed by atoms with Crippen molar-refractivity contribution >= 4 is 23.5 Å². The van der Waals surface area contributed by atoms with Crippen molar-refractivity contribution in [3.8, 4) is 0 Å². The van der Waals surface area contributed by atoms with Crippen molar-refractivity contribution in [1.29, 1.82) is 0 Å². The van der Waals surface area contributed by atoms with Gasteiger partial charge in [-0.2, -0.15) is 0 Å². The molecular weight excluding hydrogens is 394 g/mol. The highest BCUT2D eigenvalue weighted by atomic mass is 16.2. The Bertz CT molecular complexity index is 738. The van der Waals surface area contributed by atoms with Crippen LogP contribution in [0.25, 0.3) is 0 Å². The van der Waals surface area contributed by atoms with Gasteiger partial charge in [0.2, 0.25) is 11.8 Å². The summed E-state index contributed by atoms with van der Waals surface area (Å²) in [6.07, 6.45) is 7.42. The molecule has 0 atom stereocenters. The number of hydrogen-bond acceptors (Lipinski definition) is 4. The third-order valence-electron chi connectivity index (χ3n) is 6.38. The van der Waals surface area contributed by atoms with Crippen LogP contribution in [0.1, 0.15) is 44.1 Å². The lowest BCUT2D eigenvalue weighted by atomic mass is 9.96. The number of carbonyl (C=O) groups excluding carboxylic acids is 3. The maximum absolute atomic E-state index is 12.1. The summed E-state index contributed by atoms with van der Waals surface area (Å²) in [4.78, 5) is 37.5. The summed E-state index contributed by atoms with van der Waals surface area (Å²) in [5, 5.41) is 8.26. The molecule has 170 valence electrons. The smallest absolute Gasteiger partial charge is 0.315 e. The number of nitrogens with one attached hydrogen (secondary N) is 3. The van der Waals surface area contributed by atoms with E-state index in [1.807, 2.05) is 24.3 Å². The van der Waals surface area contributed by atoms with Gasteiger partial charge < -0.3 is 26.6 Å². The zero-order valence-corrected chi connectivity index (χ0v) is 18.2. The van der Waals surface area contributed by atoms with Crippen molar-refractivity contribution in [3.05, 3.63) is 29.8 Å². The van der Waals surface area contributed by atoms with Crippen LogP contribution in [-0.4, -0.2) is 55.5 Å². The number of anilines is 1. The van der Waals surface area contributed by atoms with E-state index in [2.05, 4.69) is 20.9 Å². The van der Waals surface area contributed by atoms with E-state index >= 15 is 0 Å². The monoisotopic (exact) mass is 429 g/mol. The predicted molar refractivity (Wildman–Crippen MR) is 120 cm³/mol. The minimum atomic E-state index is -0.294. The summed E-state index contributed by atoms with van der Waals surface area (Å²) in [7, 11) is 0. The Morgan fingerprint density at radius 3 is 2.29 bits per heavy atom. The van der Waals surface area contributed by atoms with E-state index in [4.69, 9.17) is 5.73 Å². The van der Waals surface area contributed by atoms with Gasteiger partial charge in [0.25, 0.3) is 0 Å². The van der Waals surface area contributed by atoms with Crippen molar-refractivity contribution in [2.75, 3.05) is 38.0 Å². The third-order valence-corrected chi connectivity index (χ3v) is 6.38. The molecule has 0 aromatic heterocycles. The fourth-order valence-corrected chi connectivity index (χ4v) is 4.36. The molecule has 1 aromatic carbocycles. The van der Waals surface area contributed by atoms with Gasteiger partial charge in [-0.3, -0.25) is 9.59 Å². The summed E-state index contributed by atoms with van der Waals surface area (Å²) in [6, 6.07) is 7.48. The highest BCUT2D eigenvalue weighted by molar-refractivity contribution is 5.94. The Morgan fingerprint density at radius 1 is 0.968 bits per heavy atom. The lowest BCUT2D eigenvalue weighted by Crippen LogP contribution is -2.41. The van der Waals surface area contributed by atoms with Gasteiger partial charge in [0, 0.05) is 24.7 Å². The largest absolute Gasteiger partial charge is 0.369 e. The molecule has 8 heteroatoms. The number of rotatable bonds is 9. The van der Waals surface area contributed by atoms with Crippen LogP contribution in [0.15, 0.2) is 24.3 Å². The highest BCUT2D eigenvalue weighted by Gasteiger charge is 2.22. The van der Waals surface area contributed by atoms with Gasteiger partial charge >= 0.3 is 6.03 Å². The van der Waals surface area contributed by atoms with Crippen molar-refractivity contribution < 1.29 is 14.4 Å². The zero-order chi connectivity index (χ0) is 22.1. The van der Waals surface area contributed by atoms with Crippen molar-refractivity contribution in [3.63, 3.8) is 0 Å². The van der Waals surface area contributed by atoms with Crippen LogP contribution >= 0.6 is 0 Å². The molecule has 2 aliphatic rings. The molecule has 0 bridgehead atoms. The Morgan fingerprint density at radius 2 is 1.65 bits per heavy atom. The summed E-state index contributed by atoms with van der Waals surface area (Å²) >= 11 is 0. The van der Waals surface area contributed by atoms with E-state index in [1.54, 1.807) is 0 Å². The number of hydrogen-bond donors (Lipinski definition) is 4. The number of piperidine rings is 1. The summed E-state index contributed by atoms with van der Waals surface area (Å²) < 4.78 is 0. The van der Waals surface area contributed by atoms with Crippen LogP contribution in [0.4, 0.5) is 10.5 Å². The van der Waals surface area contributed by atoms with E-state index in [0.29, 0.717) is 18.2 Å². The first kappa shape index (κ1) is 23.1. The topological polar surface area (TPSA) is 117 Å². The standard InChI is InChI=1S/C23H35N5O3/c24-22(30)19-10-13-28(14-11-19)12-9-17-5-7-20(8-6-17)27-21(29)16-26-23(31)25-15-18-3-1-2-4-18/h5-8,18-19H,1-4,9-16H2,(H2,24,30)(H,27,29)(H2,25,26,31). The molecule has 1 aliphatic heterocycles. The molecule has 0 unspecified atom stereocenters. The van der Waals surface area contributed by atoms with Gasteiger partial charge in [0.05, 0.1) is 6.54 Å². The number of carbonyl (C=O) groups is 3. The van der Waals surface area contributed by atoms with Crippen LogP contribution in [0.2, 0.25) is 0 Å². The summed E-state index contributed by atoms with van der Waals surface area (Å²) in [5.41, 5.74) is 7.29. The van der Waals surface area contributed by atoms with Crippen LogP contribution in [-0.2, 0) is 16.0 Å². The van der Waals surface area contributed by atoms with Crippen LogP contribution in [0.3, 0.4) is 0 Å². The maximum atomic E-state index is 12.1. The first-order chi connectivity index (χ1) is 15.0. The molecule has 31 heavy (non-hydrogen) atoms. The molecule has 1 aromatic rings. The van der Waals surface area contributed by atoms with Crippen molar-refractivity contribution in [2.45, 2.75) is 44.9 Å². The molecule has 1 heterocycles. The normalized spacial score (nSPS) is 17.9. The molecule has 1 saturated heterocycles. The average molecular weight is 430 g/mol. The van der Waals surface area contributed by atoms with Gasteiger partial charge in [-0.25, -0.2) is 4.79 Å². The molecule has 5 N–H and O–H groups in total. The molecule has 8 nitrogen and oxygen atoms in total. The Hall–Kier alpha value is -2.61. The number of primary amides is 1. The molecule has 4 amide bonds. The lowest BCUT2D eigenvalue weighted by Gasteiger charge is -2.30. The predicted octanol–water partition coefficient (Wildman–Crippen LogP) is 1.85. The number of likely N-dealkylation sites (tertiary alicyclic amines) is 1. The molecule has 1 aliphatic carbocycles. The maximum Gasteiger partial charge on any atom is 0.315 e. The van der Waals surface area contributed by atoms with E-state index in [1.165, 1.54) is 31.2 Å².